The highest BCUT2D eigenvalue weighted by Crippen LogP contribution is 2.38. The first-order valence-electron chi connectivity index (χ1n) is 23.1. The van der Waals surface area contributed by atoms with Crippen LogP contribution >= 0.6 is 0 Å². The Balaban J connectivity index is 4.88. The summed E-state index contributed by atoms with van der Waals surface area (Å²) >= 11 is 0. The normalized spacial score (nSPS) is 12.3. The molecule has 0 heterocycles. The molecule has 0 saturated heterocycles. The van der Waals surface area contributed by atoms with Gasteiger partial charge >= 0.3 is 18.1 Å². The number of carboxylic acids is 1. The van der Waals surface area contributed by atoms with Crippen molar-refractivity contribution >= 4 is 18.1 Å². The van der Waals surface area contributed by atoms with Gasteiger partial charge in [0.25, 0.3) is 0 Å². The summed E-state index contributed by atoms with van der Waals surface area (Å²) in [6, 6.07) is 0. The Labute approximate surface area is 334 Å². The molecule has 320 valence electrons. The van der Waals surface area contributed by atoms with Crippen LogP contribution in [-0.4, -0.2) is 67.6 Å². The highest BCUT2D eigenvalue weighted by Gasteiger charge is 2.46. The summed E-state index contributed by atoms with van der Waals surface area (Å²) in [6.07, 6.45) is 33.5. The van der Waals surface area contributed by atoms with Crippen LogP contribution in [0.1, 0.15) is 233 Å². The number of nitrogens with zero attached hydrogens (tertiary/aromatic N) is 1. The maximum atomic E-state index is 13.2. The second kappa shape index (κ2) is 38.1. The minimum absolute atomic E-state index is 0.0367. The van der Waals surface area contributed by atoms with E-state index >= 15 is 0 Å². The van der Waals surface area contributed by atoms with Gasteiger partial charge in [-0.2, -0.15) is 0 Å². The van der Waals surface area contributed by atoms with Gasteiger partial charge in [0.1, 0.15) is 5.60 Å². The summed E-state index contributed by atoms with van der Waals surface area (Å²) in [5, 5.41) is 10.7. The number of esters is 1. The van der Waals surface area contributed by atoms with Crippen LogP contribution < -0.4 is 0 Å². The van der Waals surface area contributed by atoms with Gasteiger partial charge in [-0.3, -0.25) is 9.59 Å². The number of unbranched alkanes of at least 4 members (excludes halogenated alkanes) is 24. The lowest BCUT2D eigenvalue weighted by molar-refractivity contribution is -0.157. The molecule has 0 spiro atoms. The van der Waals surface area contributed by atoms with E-state index in [1.165, 1.54) is 96.3 Å². The smallest absolute Gasteiger partial charge is 0.481 e. The molecule has 0 aliphatic carbocycles. The lowest BCUT2D eigenvalue weighted by Gasteiger charge is -2.38. The van der Waals surface area contributed by atoms with E-state index in [0.29, 0.717) is 38.7 Å². The van der Waals surface area contributed by atoms with Crippen molar-refractivity contribution in [3.05, 3.63) is 0 Å². The molecular formula is C46H89NO7. The fourth-order valence-corrected chi connectivity index (χ4v) is 7.57. The molecule has 0 saturated carbocycles. The third kappa shape index (κ3) is 31.4. The van der Waals surface area contributed by atoms with Gasteiger partial charge in [-0.25, -0.2) is 4.79 Å². The van der Waals surface area contributed by atoms with Crippen LogP contribution in [0.2, 0.25) is 0 Å². The van der Waals surface area contributed by atoms with Gasteiger partial charge in [0, 0.05) is 13.0 Å². The van der Waals surface area contributed by atoms with Crippen LogP contribution in [0.15, 0.2) is 0 Å². The molecule has 0 radical (unpaired) electrons. The largest absolute Gasteiger partial charge is 0.508 e. The van der Waals surface area contributed by atoms with Crippen molar-refractivity contribution in [1.82, 2.24) is 4.90 Å². The molecule has 0 aliphatic heterocycles. The second-order valence-electron chi connectivity index (χ2n) is 16.4. The van der Waals surface area contributed by atoms with Gasteiger partial charge in [-0.15, -0.1) is 0 Å². The van der Waals surface area contributed by atoms with Gasteiger partial charge in [-0.1, -0.05) is 175 Å². The van der Waals surface area contributed by atoms with Crippen molar-refractivity contribution < 1.29 is 33.7 Å². The Kier molecular flexibility index (Phi) is 36.8. The van der Waals surface area contributed by atoms with Gasteiger partial charge in [0.2, 0.25) is 0 Å². The Bertz CT molecular complexity index is 848. The van der Waals surface area contributed by atoms with Crippen molar-refractivity contribution in [2.45, 2.75) is 238 Å². The molecule has 0 aliphatic rings. The lowest BCUT2D eigenvalue weighted by atomic mass is 9.76. The van der Waals surface area contributed by atoms with Crippen molar-refractivity contribution in [1.29, 1.82) is 0 Å². The van der Waals surface area contributed by atoms with E-state index in [4.69, 9.17) is 14.2 Å². The Morgan fingerprint density at radius 3 is 1.39 bits per heavy atom. The van der Waals surface area contributed by atoms with Crippen molar-refractivity contribution in [3.8, 4) is 0 Å². The highest BCUT2D eigenvalue weighted by molar-refractivity contribution is 5.72. The van der Waals surface area contributed by atoms with Crippen molar-refractivity contribution in [2.75, 3.05) is 33.9 Å². The van der Waals surface area contributed by atoms with E-state index in [0.717, 1.165) is 90.0 Å². The van der Waals surface area contributed by atoms with Crippen LogP contribution in [0.25, 0.3) is 0 Å². The third-order valence-corrected chi connectivity index (χ3v) is 11.0. The fraction of sp³-hybridized carbons (Fsp3) is 0.935. The maximum Gasteiger partial charge on any atom is 0.508 e. The quantitative estimate of drug-likeness (QED) is 0.0484. The zero-order chi connectivity index (χ0) is 40.0. The molecule has 0 amide bonds. The molecular weight excluding hydrogens is 679 g/mol. The summed E-state index contributed by atoms with van der Waals surface area (Å²) in [4.78, 5) is 40.1. The molecule has 54 heavy (non-hydrogen) atoms. The first-order chi connectivity index (χ1) is 26.2. The fourth-order valence-electron chi connectivity index (χ4n) is 7.57. The maximum absolute atomic E-state index is 13.2. The molecule has 0 aromatic heterocycles. The first-order valence-corrected chi connectivity index (χ1v) is 23.1. The van der Waals surface area contributed by atoms with E-state index in [1.54, 1.807) is 0 Å². The van der Waals surface area contributed by atoms with Crippen LogP contribution in [0.3, 0.4) is 0 Å². The van der Waals surface area contributed by atoms with E-state index in [9.17, 15) is 19.5 Å². The van der Waals surface area contributed by atoms with Crippen LogP contribution in [0, 0.1) is 5.92 Å². The first kappa shape index (κ1) is 52.2. The van der Waals surface area contributed by atoms with Gasteiger partial charge in [0.15, 0.2) is 0 Å². The number of carboxylic acid groups (broad SMARTS) is 1. The Morgan fingerprint density at radius 2 is 0.926 bits per heavy atom. The number of hydrogen-bond acceptors (Lipinski definition) is 7. The topological polar surface area (TPSA) is 102 Å². The highest BCUT2D eigenvalue weighted by atomic mass is 16.7. The Hall–Kier alpha value is -1.83. The molecule has 0 aromatic rings. The third-order valence-electron chi connectivity index (χ3n) is 11.0. The van der Waals surface area contributed by atoms with Crippen LogP contribution in [-0.2, 0) is 23.8 Å². The number of ether oxygens (including phenoxy) is 3. The number of hydrogen-bond donors (Lipinski definition) is 1. The van der Waals surface area contributed by atoms with Gasteiger partial charge < -0.3 is 24.2 Å². The molecule has 1 atom stereocenters. The lowest BCUT2D eigenvalue weighted by Crippen LogP contribution is -2.47. The van der Waals surface area contributed by atoms with Crippen molar-refractivity contribution in [3.63, 3.8) is 0 Å². The summed E-state index contributed by atoms with van der Waals surface area (Å²) in [6.45, 7) is 8.27. The molecule has 1 N–H and O–H groups in total. The molecule has 8 nitrogen and oxygen atoms in total. The molecule has 0 fully saturated rings. The predicted octanol–water partition coefficient (Wildman–Crippen LogP) is 13.6. The van der Waals surface area contributed by atoms with E-state index in [-0.39, 0.29) is 12.6 Å². The number of aliphatic carboxylic acids is 1. The summed E-state index contributed by atoms with van der Waals surface area (Å²) in [5.74, 6) is -1.61. The predicted molar refractivity (Wildman–Crippen MR) is 225 cm³/mol. The molecule has 1 unspecified atom stereocenters. The van der Waals surface area contributed by atoms with Crippen molar-refractivity contribution in [2.24, 2.45) is 5.92 Å². The SMILES string of the molecule is CCCCCCCCC(CCCCCCCC)(OC(=O)OCCCN(C)C)C(CCCCCCCCCCCCCOC(=O)CCCCCCC)C(=O)O. The number of rotatable bonds is 41. The summed E-state index contributed by atoms with van der Waals surface area (Å²) < 4.78 is 17.2. The van der Waals surface area contributed by atoms with Gasteiger partial charge in [-0.05, 0) is 65.5 Å². The monoisotopic (exact) mass is 768 g/mol. The Morgan fingerprint density at radius 1 is 0.519 bits per heavy atom. The van der Waals surface area contributed by atoms with Crippen LogP contribution in [0.4, 0.5) is 4.79 Å². The minimum atomic E-state index is -1.03. The summed E-state index contributed by atoms with van der Waals surface area (Å²) in [7, 11) is 3.98. The van der Waals surface area contributed by atoms with Gasteiger partial charge in [0.05, 0.1) is 19.1 Å². The number of carbonyl (C=O) groups excluding carboxylic acids is 2. The van der Waals surface area contributed by atoms with E-state index in [2.05, 4.69) is 25.7 Å². The molecule has 0 aromatic carbocycles. The zero-order valence-corrected chi connectivity index (χ0v) is 36.4. The van der Waals surface area contributed by atoms with Crippen LogP contribution in [0.5, 0.6) is 0 Å². The average molecular weight is 768 g/mol. The van der Waals surface area contributed by atoms with E-state index < -0.39 is 23.6 Å². The average Bonchev–Trinajstić information content (AvgIpc) is 3.14. The molecule has 0 rings (SSSR count). The minimum Gasteiger partial charge on any atom is -0.481 e. The zero-order valence-electron chi connectivity index (χ0n) is 36.4. The molecule has 0 bridgehead atoms. The van der Waals surface area contributed by atoms with E-state index in [1.807, 2.05) is 14.1 Å². The number of carbonyl (C=O) groups is 3. The standard InChI is InChI=1S/C46H89NO7/c1-6-9-12-15-26-31-37-46(38-32-27-16-13-10-7-2,54-45(51)53-41-34-39-47(4)5)42(44(49)50)35-29-25-22-20-18-17-19-21-23-28-33-40-52-43(48)36-30-24-14-11-8-3/h42H,6-41H2,1-5H3,(H,49,50). The molecule has 8 heteroatoms. The second-order valence-corrected chi connectivity index (χ2v) is 16.4. The summed E-state index contributed by atoms with van der Waals surface area (Å²) in [5.41, 5.74) is -1.03.